The Labute approximate surface area is 113 Å². The summed E-state index contributed by atoms with van der Waals surface area (Å²) in [4.78, 5) is 11.1. The number of unbranched alkanes of at least 4 members (excludes halogenated alkanes) is 1. The van der Waals surface area contributed by atoms with Gasteiger partial charge in [0.2, 0.25) is 0 Å². The van der Waals surface area contributed by atoms with Gasteiger partial charge in [-0.25, -0.2) is 10.2 Å². The number of carbonyl (C=O) groups excluding carboxylic acids is 1. The van der Waals surface area contributed by atoms with Crippen LogP contribution in [0.1, 0.15) is 32.3 Å². The number of rotatable bonds is 7. The van der Waals surface area contributed by atoms with Crippen molar-refractivity contribution in [1.29, 1.82) is 0 Å². The highest BCUT2D eigenvalue weighted by Crippen LogP contribution is 2.16. The van der Waals surface area contributed by atoms with Gasteiger partial charge in [-0.3, -0.25) is 0 Å². The van der Waals surface area contributed by atoms with E-state index >= 15 is 0 Å². The average Bonchev–Trinajstić information content (AvgIpc) is 2.41. The molecule has 0 saturated heterocycles. The van der Waals surface area contributed by atoms with Crippen molar-refractivity contribution in [2.75, 3.05) is 13.2 Å². The summed E-state index contributed by atoms with van der Waals surface area (Å²) in [7, 11) is 0. The normalized spacial score (nSPS) is 10.4. The second-order valence-corrected chi connectivity index (χ2v) is 3.83. The third kappa shape index (κ3) is 5.90. The van der Waals surface area contributed by atoms with Crippen LogP contribution in [0.4, 0.5) is 4.79 Å². The Bertz CT molecular complexity index is 419. The maximum Gasteiger partial charge on any atom is 0.427 e. The van der Waals surface area contributed by atoms with Crippen LogP contribution in [0, 0.1) is 0 Å². The maximum atomic E-state index is 11.1. The molecule has 19 heavy (non-hydrogen) atoms. The summed E-state index contributed by atoms with van der Waals surface area (Å²) in [5.74, 6) is 0.755. The molecular formula is C14H20N2O3. The molecule has 1 N–H and O–H groups in total. The van der Waals surface area contributed by atoms with Crippen LogP contribution in [-0.4, -0.2) is 25.5 Å². The number of hydrogen-bond donors (Lipinski definition) is 1. The van der Waals surface area contributed by atoms with Gasteiger partial charge in [-0.15, -0.1) is 0 Å². The molecule has 1 amide bonds. The number of hydrogen-bond acceptors (Lipinski definition) is 4. The zero-order chi connectivity index (χ0) is 13.9. The van der Waals surface area contributed by atoms with Crippen molar-refractivity contribution < 1.29 is 14.3 Å². The highest BCUT2D eigenvalue weighted by Gasteiger charge is 2.01. The number of nitrogens with one attached hydrogen (secondary N) is 1. The SMILES string of the molecule is CCCCOc1ccccc1/C=N/NC(=O)OCC. The first-order chi connectivity index (χ1) is 9.27. The fourth-order valence-electron chi connectivity index (χ4n) is 1.36. The summed E-state index contributed by atoms with van der Waals surface area (Å²) in [5, 5.41) is 3.82. The van der Waals surface area contributed by atoms with Gasteiger partial charge in [0.15, 0.2) is 0 Å². The van der Waals surface area contributed by atoms with Crippen molar-refractivity contribution in [3.05, 3.63) is 29.8 Å². The fourth-order valence-corrected chi connectivity index (χ4v) is 1.36. The molecule has 5 heteroatoms. The largest absolute Gasteiger partial charge is 0.493 e. The Kier molecular flexibility index (Phi) is 7.09. The van der Waals surface area contributed by atoms with Crippen molar-refractivity contribution >= 4 is 12.3 Å². The molecule has 1 aromatic rings. The van der Waals surface area contributed by atoms with Gasteiger partial charge in [-0.1, -0.05) is 25.5 Å². The van der Waals surface area contributed by atoms with Gasteiger partial charge in [0.25, 0.3) is 0 Å². The van der Waals surface area contributed by atoms with Crippen LogP contribution in [-0.2, 0) is 4.74 Å². The minimum Gasteiger partial charge on any atom is -0.493 e. The van der Waals surface area contributed by atoms with Crippen molar-refractivity contribution in [2.45, 2.75) is 26.7 Å². The predicted octanol–water partition coefficient (Wildman–Crippen LogP) is 2.95. The number of nitrogens with zero attached hydrogens (tertiary/aromatic N) is 1. The molecule has 0 bridgehead atoms. The first-order valence-electron chi connectivity index (χ1n) is 6.45. The zero-order valence-corrected chi connectivity index (χ0v) is 11.4. The lowest BCUT2D eigenvalue weighted by atomic mass is 10.2. The topological polar surface area (TPSA) is 59.9 Å². The van der Waals surface area contributed by atoms with Gasteiger partial charge >= 0.3 is 6.09 Å². The van der Waals surface area contributed by atoms with Gasteiger partial charge in [0, 0.05) is 5.56 Å². The highest BCUT2D eigenvalue weighted by atomic mass is 16.5. The fraction of sp³-hybridized carbons (Fsp3) is 0.429. The highest BCUT2D eigenvalue weighted by molar-refractivity contribution is 5.84. The lowest BCUT2D eigenvalue weighted by Gasteiger charge is -2.07. The molecule has 0 aliphatic carbocycles. The van der Waals surface area contributed by atoms with E-state index in [0.29, 0.717) is 13.2 Å². The van der Waals surface area contributed by atoms with Crippen molar-refractivity contribution in [1.82, 2.24) is 5.43 Å². The first kappa shape index (κ1) is 15.0. The van der Waals surface area contributed by atoms with Crippen LogP contribution in [0.2, 0.25) is 0 Å². The minimum atomic E-state index is -0.567. The lowest BCUT2D eigenvalue weighted by molar-refractivity contribution is 0.152. The molecule has 0 radical (unpaired) electrons. The molecule has 104 valence electrons. The van der Waals surface area contributed by atoms with E-state index in [1.54, 1.807) is 6.92 Å². The van der Waals surface area contributed by atoms with Gasteiger partial charge in [-0.05, 0) is 25.5 Å². The molecule has 5 nitrogen and oxygen atoms in total. The Morgan fingerprint density at radius 1 is 1.37 bits per heavy atom. The number of carbonyl (C=O) groups is 1. The molecule has 1 aromatic carbocycles. The standard InChI is InChI=1S/C14H20N2O3/c1-3-5-10-19-13-9-7-6-8-12(13)11-15-16-14(17)18-4-2/h6-9,11H,3-5,10H2,1-2H3,(H,16,17)/b15-11+. The lowest BCUT2D eigenvalue weighted by Crippen LogP contribution is -2.18. The van der Waals surface area contributed by atoms with Crippen LogP contribution in [0.25, 0.3) is 0 Å². The molecule has 0 saturated carbocycles. The van der Waals surface area contributed by atoms with Crippen LogP contribution >= 0.6 is 0 Å². The summed E-state index contributed by atoms with van der Waals surface area (Å²) < 4.78 is 10.3. The van der Waals surface area contributed by atoms with Gasteiger partial charge in [0.05, 0.1) is 19.4 Å². The molecule has 0 atom stereocenters. The molecule has 0 fully saturated rings. The summed E-state index contributed by atoms with van der Waals surface area (Å²) in [6, 6.07) is 7.54. The minimum absolute atomic E-state index is 0.318. The van der Waals surface area contributed by atoms with E-state index in [0.717, 1.165) is 24.2 Å². The number of para-hydroxylation sites is 1. The number of hydrazone groups is 1. The molecule has 0 aromatic heterocycles. The van der Waals surface area contributed by atoms with Gasteiger partial charge < -0.3 is 9.47 Å². The second kappa shape index (κ2) is 8.97. The monoisotopic (exact) mass is 264 g/mol. The quantitative estimate of drug-likeness (QED) is 0.468. The van der Waals surface area contributed by atoms with E-state index in [1.165, 1.54) is 6.21 Å². The summed E-state index contributed by atoms with van der Waals surface area (Å²) >= 11 is 0. The molecule has 0 unspecified atom stereocenters. The molecule has 1 rings (SSSR count). The second-order valence-electron chi connectivity index (χ2n) is 3.83. The van der Waals surface area contributed by atoms with E-state index in [9.17, 15) is 4.79 Å². The van der Waals surface area contributed by atoms with Crippen molar-refractivity contribution in [3.8, 4) is 5.75 Å². The van der Waals surface area contributed by atoms with Crippen molar-refractivity contribution in [3.63, 3.8) is 0 Å². The van der Waals surface area contributed by atoms with Gasteiger partial charge in [0.1, 0.15) is 5.75 Å². The number of ether oxygens (including phenoxy) is 2. The number of benzene rings is 1. The summed E-state index contributed by atoms with van der Waals surface area (Å²) in [5.41, 5.74) is 3.09. The van der Waals surface area contributed by atoms with Crippen molar-refractivity contribution in [2.24, 2.45) is 5.10 Å². The Balaban J connectivity index is 2.56. The predicted molar refractivity (Wildman–Crippen MR) is 74.6 cm³/mol. The first-order valence-corrected chi connectivity index (χ1v) is 6.45. The molecular weight excluding hydrogens is 244 g/mol. The third-order valence-electron chi connectivity index (χ3n) is 2.31. The van der Waals surface area contributed by atoms with Crippen LogP contribution in [0.5, 0.6) is 5.75 Å². The number of amides is 1. The summed E-state index contributed by atoms with van der Waals surface area (Å²) in [6.07, 6.45) is 3.06. The van der Waals surface area contributed by atoms with Crippen LogP contribution in [0.15, 0.2) is 29.4 Å². The Morgan fingerprint density at radius 3 is 2.89 bits per heavy atom. The van der Waals surface area contributed by atoms with E-state index < -0.39 is 6.09 Å². The third-order valence-corrected chi connectivity index (χ3v) is 2.31. The van der Waals surface area contributed by atoms with E-state index in [-0.39, 0.29) is 0 Å². The van der Waals surface area contributed by atoms with Crippen LogP contribution < -0.4 is 10.2 Å². The Morgan fingerprint density at radius 2 is 2.16 bits per heavy atom. The smallest absolute Gasteiger partial charge is 0.427 e. The molecule has 0 heterocycles. The summed E-state index contributed by atoms with van der Waals surface area (Å²) in [6.45, 7) is 4.84. The van der Waals surface area contributed by atoms with Crippen LogP contribution in [0.3, 0.4) is 0 Å². The average molecular weight is 264 g/mol. The zero-order valence-electron chi connectivity index (χ0n) is 11.4. The molecule has 0 aliphatic rings. The maximum absolute atomic E-state index is 11.1. The molecule has 0 aliphatic heterocycles. The van der Waals surface area contributed by atoms with E-state index in [1.807, 2.05) is 24.3 Å². The van der Waals surface area contributed by atoms with Gasteiger partial charge in [-0.2, -0.15) is 5.10 Å². The van der Waals surface area contributed by atoms with E-state index in [4.69, 9.17) is 9.47 Å². The van der Waals surface area contributed by atoms with E-state index in [2.05, 4.69) is 17.5 Å². The molecule has 0 spiro atoms. The Hall–Kier alpha value is -2.04.